The molecule has 11 heteroatoms. The van der Waals surface area contributed by atoms with Gasteiger partial charge in [-0.05, 0) is 12.5 Å². The summed E-state index contributed by atoms with van der Waals surface area (Å²) >= 11 is 0. The highest BCUT2D eigenvalue weighted by molar-refractivity contribution is 5.02. The Bertz CT molecular complexity index is 678. The van der Waals surface area contributed by atoms with Gasteiger partial charge in [-0.2, -0.15) is 5.48 Å². The number of aliphatic hydroxyl groups excluding tert-OH is 1. The summed E-state index contributed by atoms with van der Waals surface area (Å²) in [5, 5.41) is 13.1. The molecule has 0 aromatic carbocycles. The maximum atomic E-state index is 11.8. The first-order valence-corrected chi connectivity index (χ1v) is 6.54. The van der Waals surface area contributed by atoms with Crippen LogP contribution in [0.1, 0.15) is 18.2 Å². The molecule has 0 bridgehead atoms. The van der Waals surface area contributed by atoms with Crippen molar-refractivity contribution in [2.75, 3.05) is 13.3 Å². The van der Waals surface area contributed by atoms with Crippen molar-refractivity contribution in [1.82, 2.24) is 15.0 Å². The molecule has 22 heavy (non-hydrogen) atoms. The maximum Gasteiger partial charge on any atom is 0.330 e. The molecule has 0 amide bonds. The lowest BCUT2D eigenvalue weighted by Crippen LogP contribution is -2.33. The summed E-state index contributed by atoms with van der Waals surface area (Å²) in [5.74, 6) is 0. The highest BCUT2D eigenvalue weighted by atomic mass is 16.7. The summed E-state index contributed by atoms with van der Waals surface area (Å²) < 4.78 is 6.79. The Hall–Kier alpha value is -2.17. The average molecular weight is 312 g/mol. The summed E-state index contributed by atoms with van der Waals surface area (Å²) in [6.45, 7) is 1.53. The first-order chi connectivity index (χ1) is 10.5. The molecule has 0 spiro atoms. The van der Waals surface area contributed by atoms with Gasteiger partial charge < -0.3 is 9.84 Å². The fourth-order valence-corrected chi connectivity index (χ4v) is 2.08. The number of aryl methyl sites for hydroxylation is 1. The van der Waals surface area contributed by atoms with Crippen molar-refractivity contribution in [2.45, 2.75) is 31.8 Å². The van der Waals surface area contributed by atoms with Crippen LogP contribution >= 0.6 is 0 Å². The molecular formula is C11H16N6O5. The Kier molecular flexibility index (Phi) is 5.31. The summed E-state index contributed by atoms with van der Waals surface area (Å²) in [6, 6.07) is 0. The number of azide groups is 1. The highest BCUT2D eigenvalue weighted by Crippen LogP contribution is 2.27. The number of hydrogen-bond donors (Lipinski definition) is 3. The summed E-state index contributed by atoms with van der Waals surface area (Å²) in [7, 11) is 0. The fraction of sp³-hybridized carbons (Fsp3) is 0.636. The Morgan fingerprint density at radius 1 is 1.68 bits per heavy atom. The van der Waals surface area contributed by atoms with Crippen LogP contribution in [0.3, 0.4) is 0 Å². The molecule has 0 saturated carbocycles. The van der Waals surface area contributed by atoms with Gasteiger partial charge in [0.25, 0.3) is 5.56 Å². The van der Waals surface area contributed by atoms with Crippen molar-refractivity contribution in [3.8, 4) is 0 Å². The smallest absolute Gasteiger partial charge is 0.330 e. The van der Waals surface area contributed by atoms with Gasteiger partial charge >= 0.3 is 5.69 Å². The molecule has 3 N–H and O–H groups in total. The second-order valence-corrected chi connectivity index (χ2v) is 4.76. The number of aromatic amines is 1. The number of aliphatic hydroxyl groups is 1. The zero-order valence-corrected chi connectivity index (χ0v) is 11.8. The van der Waals surface area contributed by atoms with E-state index in [0.717, 1.165) is 0 Å². The number of rotatable bonds is 6. The molecule has 3 atom stereocenters. The van der Waals surface area contributed by atoms with Gasteiger partial charge in [-0.15, -0.1) is 0 Å². The van der Waals surface area contributed by atoms with Gasteiger partial charge in [-0.25, -0.2) is 4.79 Å². The van der Waals surface area contributed by atoms with E-state index in [1.54, 1.807) is 6.92 Å². The first kappa shape index (κ1) is 16.2. The molecule has 1 aromatic rings. The molecule has 2 heterocycles. The van der Waals surface area contributed by atoms with Gasteiger partial charge in [0.2, 0.25) is 0 Å². The monoisotopic (exact) mass is 312 g/mol. The third kappa shape index (κ3) is 3.72. The number of hydrogen-bond acceptors (Lipinski definition) is 7. The third-order valence-electron chi connectivity index (χ3n) is 3.21. The van der Waals surface area contributed by atoms with E-state index in [9.17, 15) is 14.7 Å². The Morgan fingerprint density at radius 3 is 3.18 bits per heavy atom. The largest absolute Gasteiger partial charge is 0.390 e. The number of ether oxygens (including phenoxy) is 1. The van der Waals surface area contributed by atoms with E-state index in [4.69, 9.17) is 15.1 Å². The lowest BCUT2D eigenvalue weighted by molar-refractivity contribution is -0.0853. The molecule has 1 saturated heterocycles. The normalized spacial score (nSPS) is 24.2. The predicted molar refractivity (Wildman–Crippen MR) is 73.7 cm³/mol. The Morgan fingerprint density at radius 2 is 2.45 bits per heavy atom. The molecule has 0 unspecified atom stereocenters. The van der Waals surface area contributed by atoms with Crippen LogP contribution in [-0.4, -0.2) is 40.1 Å². The lowest BCUT2D eigenvalue weighted by Gasteiger charge is -2.16. The maximum absolute atomic E-state index is 11.8. The molecule has 120 valence electrons. The van der Waals surface area contributed by atoms with Crippen molar-refractivity contribution in [2.24, 2.45) is 5.11 Å². The summed E-state index contributed by atoms with van der Waals surface area (Å²) in [4.78, 5) is 32.8. The third-order valence-corrected chi connectivity index (χ3v) is 3.21. The summed E-state index contributed by atoms with van der Waals surface area (Å²) in [6.07, 6.45) is -0.589. The van der Waals surface area contributed by atoms with Gasteiger partial charge in [0.05, 0.1) is 19.4 Å². The quantitative estimate of drug-likeness (QED) is 0.207. The van der Waals surface area contributed by atoms with Crippen LogP contribution in [-0.2, 0) is 9.57 Å². The van der Waals surface area contributed by atoms with Crippen molar-refractivity contribution < 1.29 is 14.7 Å². The van der Waals surface area contributed by atoms with E-state index >= 15 is 0 Å². The molecule has 1 aliphatic rings. The van der Waals surface area contributed by atoms with Gasteiger partial charge in [0, 0.05) is 23.1 Å². The molecule has 0 aliphatic carbocycles. The van der Waals surface area contributed by atoms with Gasteiger partial charge in [0.1, 0.15) is 12.3 Å². The van der Waals surface area contributed by atoms with E-state index in [1.807, 2.05) is 0 Å². The van der Waals surface area contributed by atoms with Crippen molar-refractivity contribution >= 4 is 0 Å². The molecule has 1 aliphatic heterocycles. The van der Waals surface area contributed by atoms with E-state index in [2.05, 4.69) is 20.5 Å². The van der Waals surface area contributed by atoms with Crippen molar-refractivity contribution in [3.05, 3.63) is 43.0 Å². The Balaban J connectivity index is 1.98. The number of H-pyrrole nitrogens is 1. The number of hydroxylamine groups is 1. The van der Waals surface area contributed by atoms with Gasteiger partial charge in [-0.3, -0.25) is 19.2 Å². The van der Waals surface area contributed by atoms with Crippen molar-refractivity contribution in [1.29, 1.82) is 0 Å². The van der Waals surface area contributed by atoms with Gasteiger partial charge in [-0.1, -0.05) is 5.11 Å². The summed E-state index contributed by atoms with van der Waals surface area (Å²) in [5.41, 5.74) is 9.79. The van der Waals surface area contributed by atoms with Crippen LogP contribution in [0.5, 0.6) is 0 Å². The zero-order chi connectivity index (χ0) is 16.1. The van der Waals surface area contributed by atoms with Crippen molar-refractivity contribution in [3.63, 3.8) is 0 Å². The van der Waals surface area contributed by atoms with Crippen LogP contribution in [0.4, 0.5) is 0 Å². The SMILES string of the molecule is Cc1cn([C@H]2C[C@H](O)[C@@H](CONCN=[N+]=[N-])O2)c(=O)[nH]c1=O. The van der Waals surface area contributed by atoms with E-state index in [-0.39, 0.29) is 19.7 Å². The second-order valence-electron chi connectivity index (χ2n) is 4.76. The average Bonchev–Trinajstić information content (AvgIpc) is 2.84. The number of nitrogens with one attached hydrogen (secondary N) is 2. The number of nitrogens with zero attached hydrogens (tertiary/aromatic N) is 4. The van der Waals surface area contributed by atoms with E-state index < -0.39 is 29.7 Å². The first-order valence-electron chi connectivity index (χ1n) is 6.54. The minimum Gasteiger partial charge on any atom is -0.390 e. The van der Waals surface area contributed by atoms with Crippen LogP contribution in [0.25, 0.3) is 10.4 Å². The standard InChI is InChI=1S/C11H16N6O5/c1-6-3-17(11(20)15-10(6)19)9-2-7(18)8(22-9)4-21-14-5-13-16-12/h3,7-9,14,18H,2,4-5H2,1H3,(H,15,19,20)/t7-,8+,9+/m0/s1. The molecular weight excluding hydrogens is 296 g/mol. The topological polar surface area (TPSA) is 154 Å². The van der Waals surface area contributed by atoms with Gasteiger partial charge in [0.15, 0.2) is 0 Å². The van der Waals surface area contributed by atoms with E-state index in [0.29, 0.717) is 5.56 Å². The predicted octanol–water partition coefficient (Wildman–Crippen LogP) is -0.718. The van der Waals surface area contributed by atoms with Crippen LogP contribution in [0.15, 0.2) is 20.9 Å². The molecule has 2 rings (SSSR count). The van der Waals surface area contributed by atoms with Crippen LogP contribution < -0.4 is 16.7 Å². The fourth-order valence-electron chi connectivity index (χ4n) is 2.08. The van der Waals surface area contributed by atoms with E-state index in [1.165, 1.54) is 10.8 Å². The molecule has 0 radical (unpaired) electrons. The second kappa shape index (κ2) is 7.20. The molecule has 11 nitrogen and oxygen atoms in total. The minimum atomic E-state index is -0.828. The zero-order valence-electron chi connectivity index (χ0n) is 11.8. The number of aromatic nitrogens is 2. The van der Waals surface area contributed by atoms with Crippen LogP contribution in [0, 0.1) is 6.92 Å². The molecule has 1 fully saturated rings. The molecule has 1 aromatic heterocycles. The highest BCUT2D eigenvalue weighted by Gasteiger charge is 2.35. The lowest BCUT2D eigenvalue weighted by atomic mass is 10.2. The Labute approximate surface area is 124 Å². The minimum absolute atomic E-state index is 0.00962. The van der Waals surface area contributed by atoms with Crippen LogP contribution in [0.2, 0.25) is 0 Å².